The van der Waals surface area contributed by atoms with Crippen molar-refractivity contribution in [1.29, 1.82) is 0 Å². The number of rotatable bonds is 10. The number of aromatic amines is 2. The molecular weight excluding hydrogens is 897 g/mol. The highest BCUT2D eigenvalue weighted by Gasteiger charge is 2.44. The SMILES string of the molecule is CC(C)(C)c1ccc2[nH]c3c(-c4cccc(-c5ccccc5OCCCOC5(O)C(c6ccccc6)=CC=CC5c5cc(C(C)(C)C)cc6c5[nH]c5ccc(C(C)(C)C)cc56)c4O)cc(C(C)(C)C)cc3c2c1. The molecule has 6 nitrogen and oxygen atoms in total. The summed E-state index contributed by atoms with van der Waals surface area (Å²) in [5, 5.41) is 30.4. The second kappa shape index (κ2) is 18.3. The molecule has 2 atom stereocenters. The maximum Gasteiger partial charge on any atom is 0.203 e. The molecule has 4 N–H and O–H groups in total. The molecule has 374 valence electrons. The van der Waals surface area contributed by atoms with E-state index in [2.05, 4.69) is 166 Å². The van der Waals surface area contributed by atoms with E-state index in [0.29, 0.717) is 29.9 Å². The van der Waals surface area contributed by atoms with E-state index in [9.17, 15) is 10.2 Å². The van der Waals surface area contributed by atoms with Gasteiger partial charge in [-0.25, -0.2) is 0 Å². The van der Waals surface area contributed by atoms with Gasteiger partial charge in [-0.2, -0.15) is 0 Å². The first-order valence-electron chi connectivity index (χ1n) is 26.1. The van der Waals surface area contributed by atoms with Gasteiger partial charge in [-0.1, -0.05) is 186 Å². The van der Waals surface area contributed by atoms with Gasteiger partial charge in [-0.3, -0.25) is 0 Å². The smallest absolute Gasteiger partial charge is 0.203 e. The summed E-state index contributed by atoms with van der Waals surface area (Å²) in [5.74, 6) is -1.41. The molecule has 10 rings (SSSR count). The number of allylic oxidation sites excluding steroid dienone is 2. The fourth-order valence-electron chi connectivity index (χ4n) is 10.6. The van der Waals surface area contributed by atoms with E-state index >= 15 is 0 Å². The van der Waals surface area contributed by atoms with Crippen LogP contribution in [0.2, 0.25) is 0 Å². The van der Waals surface area contributed by atoms with Gasteiger partial charge in [0.05, 0.1) is 30.2 Å². The van der Waals surface area contributed by atoms with Crippen LogP contribution in [0.15, 0.2) is 152 Å². The highest BCUT2D eigenvalue weighted by molar-refractivity contribution is 6.13. The maximum atomic E-state index is 13.3. The van der Waals surface area contributed by atoms with Crippen LogP contribution in [0.25, 0.3) is 71.4 Å². The Morgan fingerprint density at radius 1 is 0.507 bits per heavy atom. The Balaban J connectivity index is 0.961. The highest BCUT2D eigenvalue weighted by Crippen LogP contribution is 2.49. The first-order chi connectivity index (χ1) is 34.5. The lowest BCUT2D eigenvalue weighted by molar-refractivity contribution is -0.168. The third kappa shape index (κ3) is 9.30. The number of fused-ring (bicyclic) bond motifs is 6. The topological polar surface area (TPSA) is 90.5 Å². The Kier molecular flexibility index (Phi) is 12.4. The molecule has 0 fully saturated rings. The van der Waals surface area contributed by atoms with Gasteiger partial charge in [-0.05, 0) is 104 Å². The van der Waals surface area contributed by atoms with Gasteiger partial charge in [-0.15, -0.1) is 0 Å². The molecule has 9 aromatic rings. The van der Waals surface area contributed by atoms with Crippen molar-refractivity contribution in [2.75, 3.05) is 13.2 Å². The number of phenols is 1. The molecule has 0 spiro atoms. The minimum absolute atomic E-state index is 0.000393. The van der Waals surface area contributed by atoms with Gasteiger partial charge in [0, 0.05) is 66.8 Å². The molecule has 0 aliphatic heterocycles. The van der Waals surface area contributed by atoms with Gasteiger partial charge >= 0.3 is 0 Å². The normalized spacial score (nSPS) is 16.8. The average molecular weight is 969 g/mol. The monoisotopic (exact) mass is 969 g/mol. The van der Waals surface area contributed by atoms with E-state index in [1.165, 1.54) is 33.0 Å². The number of hydrogen-bond donors (Lipinski definition) is 4. The molecule has 2 aromatic heterocycles. The zero-order valence-corrected chi connectivity index (χ0v) is 44.8. The first-order valence-corrected chi connectivity index (χ1v) is 26.1. The van der Waals surface area contributed by atoms with Gasteiger partial charge in [0.1, 0.15) is 11.5 Å². The summed E-state index contributed by atoms with van der Waals surface area (Å²) in [7, 11) is 0. The van der Waals surface area contributed by atoms with Crippen molar-refractivity contribution in [3.8, 4) is 33.8 Å². The number of phenolic OH excluding ortho intramolecular Hbond substituents is 1. The lowest BCUT2D eigenvalue weighted by Crippen LogP contribution is -2.42. The van der Waals surface area contributed by atoms with Crippen LogP contribution >= 0.6 is 0 Å². The number of H-pyrrole nitrogens is 2. The largest absolute Gasteiger partial charge is 0.507 e. The van der Waals surface area contributed by atoms with Crippen molar-refractivity contribution in [3.05, 3.63) is 185 Å². The number of ether oxygens (including phenoxy) is 2. The third-order valence-corrected chi connectivity index (χ3v) is 15.1. The number of hydrogen-bond acceptors (Lipinski definition) is 4. The van der Waals surface area contributed by atoms with Crippen molar-refractivity contribution in [2.24, 2.45) is 0 Å². The quantitative estimate of drug-likeness (QED) is 0.0812. The third-order valence-electron chi connectivity index (χ3n) is 15.1. The number of aliphatic hydroxyl groups is 1. The molecule has 2 unspecified atom stereocenters. The van der Waals surface area contributed by atoms with E-state index in [0.717, 1.165) is 60.7 Å². The number of aromatic nitrogens is 2. The number of benzene rings is 7. The predicted octanol–water partition coefficient (Wildman–Crippen LogP) is 17.1. The molecule has 0 amide bonds. The lowest BCUT2D eigenvalue weighted by atomic mass is 9.76. The van der Waals surface area contributed by atoms with Crippen molar-refractivity contribution in [2.45, 2.75) is 123 Å². The molecule has 0 saturated heterocycles. The van der Waals surface area contributed by atoms with Crippen LogP contribution in [0.1, 0.15) is 129 Å². The summed E-state index contributed by atoms with van der Waals surface area (Å²) < 4.78 is 13.5. The van der Waals surface area contributed by atoms with Gasteiger partial charge in [0.25, 0.3) is 0 Å². The summed E-state index contributed by atoms with van der Waals surface area (Å²) in [6.07, 6.45) is 6.61. The molecule has 0 radical (unpaired) electrons. The van der Waals surface area contributed by atoms with Crippen LogP contribution in [0, 0.1) is 0 Å². The summed E-state index contributed by atoms with van der Waals surface area (Å²) in [6.45, 7) is 27.5. The molecule has 6 heteroatoms. The molecule has 0 saturated carbocycles. The minimum Gasteiger partial charge on any atom is -0.507 e. The van der Waals surface area contributed by atoms with Crippen LogP contribution < -0.4 is 4.74 Å². The molecule has 73 heavy (non-hydrogen) atoms. The van der Waals surface area contributed by atoms with Crippen molar-refractivity contribution >= 4 is 49.2 Å². The second-order valence-electron chi connectivity index (χ2n) is 24.5. The Labute approximate surface area is 431 Å². The first kappa shape index (κ1) is 49.7. The Bertz CT molecular complexity index is 3610. The van der Waals surface area contributed by atoms with Crippen LogP contribution in [-0.4, -0.2) is 39.2 Å². The van der Waals surface area contributed by atoms with Crippen molar-refractivity contribution in [1.82, 2.24) is 9.97 Å². The zero-order valence-electron chi connectivity index (χ0n) is 44.8. The maximum absolute atomic E-state index is 13.3. The summed E-state index contributed by atoms with van der Waals surface area (Å²) >= 11 is 0. The molecule has 1 aliphatic rings. The number of aromatic hydroxyl groups is 1. The average Bonchev–Trinajstić information content (AvgIpc) is 3.91. The van der Waals surface area contributed by atoms with Crippen molar-refractivity contribution < 1.29 is 19.7 Å². The summed E-state index contributed by atoms with van der Waals surface area (Å²) in [5.41, 5.74) is 14.5. The van der Waals surface area contributed by atoms with Gasteiger partial charge in [0.2, 0.25) is 5.79 Å². The van der Waals surface area contributed by atoms with E-state index in [-0.39, 0.29) is 34.0 Å². The van der Waals surface area contributed by atoms with E-state index < -0.39 is 11.7 Å². The minimum atomic E-state index is -1.72. The van der Waals surface area contributed by atoms with E-state index in [4.69, 9.17) is 9.47 Å². The molecule has 0 bridgehead atoms. The van der Waals surface area contributed by atoms with Gasteiger partial charge in [0.15, 0.2) is 0 Å². The number of para-hydroxylation sites is 2. The van der Waals surface area contributed by atoms with Crippen molar-refractivity contribution in [3.63, 3.8) is 0 Å². The lowest BCUT2D eigenvalue weighted by Gasteiger charge is -2.39. The predicted molar refractivity (Wildman–Crippen MR) is 306 cm³/mol. The van der Waals surface area contributed by atoms with E-state index in [1.54, 1.807) is 0 Å². The molecule has 1 aliphatic carbocycles. The summed E-state index contributed by atoms with van der Waals surface area (Å²) in [6, 6.07) is 46.5. The molecule has 7 aromatic carbocycles. The second-order valence-corrected chi connectivity index (χ2v) is 24.5. The van der Waals surface area contributed by atoms with E-state index in [1.807, 2.05) is 78.9 Å². The Hall–Kier alpha value is -6.86. The summed E-state index contributed by atoms with van der Waals surface area (Å²) in [4.78, 5) is 7.54. The number of nitrogens with one attached hydrogen (secondary N) is 2. The Morgan fingerprint density at radius 2 is 1.03 bits per heavy atom. The van der Waals surface area contributed by atoms with Crippen LogP contribution in [0.5, 0.6) is 11.5 Å². The highest BCUT2D eigenvalue weighted by atomic mass is 16.6. The van der Waals surface area contributed by atoms with Gasteiger partial charge < -0.3 is 29.7 Å². The molecule has 2 heterocycles. The fraction of sp³-hybridized carbons (Fsp3) is 0.313. The molecular formula is C67H72N2O4. The Morgan fingerprint density at radius 3 is 1.64 bits per heavy atom. The standard InChI is InChI=1S/C67H72N2O4/c1-63(2,3)42-29-31-57-49(35-42)52-38-44(65(7,8)9)37-51(60(52)68-57)48-25-18-24-47(62(48)70)46-23-16-17-28-59(46)72-33-20-34-73-67(71)55(41-21-14-13-15-22-41)26-19-27-56(67)54-40-45(66(10,11)12)39-53-50-36-43(64(4,5)6)30-32-58(50)69-61(53)54/h13-19,21-32,35-40,56,68-71H,20,33-34H2,1-12H3. The van der Waals surface area contributed by atoms with Crippen LogP contribution in [-0.2, 0) is 26.4 Å². The van der Waals surface area contributed by atoms with Crippen LogP contribution in [0.4, 0.5) is 0 Å². The van der Waals surface area contributed by atoms with Crippen LogP contribution in [0.3, 0.4) is 0 Å². The zero-order chi connectivity index (χ0) is 51.8. The fourth-order valence-corrected chi connectivity index (χ4v) is 10.6.